The summed E-state index contributed by atoms with van der Waals surface area (Å²) in [4.78, 5) is 16.3. The number of hydrogen-bond donors (Lipinski definition) is 1. The number of carbonyl (C=O) groups excluding carboxylic acids is 1. The van der Waals surface area contributed by atoms with Crippen molar-refractivity contribution in [1.82, 2.24) is 9.88 Å². The molecule has 0 aliphatic carbocycles. The van der Waals surface area contributed by atoms with Gasteiger partial charge in [-0.3, -0.25) is 4.79 Å². The molecule has 0 radical (unpaired) electrons. The number of rotatable bonds is 4. The normalized spacial score (nSPS) is 11.2. The van der Waals surface area contributed by atoms with Gasteiger partial charge in [0.25, 0.3) is 5.91 Å². The minimum atomic E-state index is -4.41. The zero-order valence-electron chi connectivity index (χ0n) is 10.1. The van der Waals surface area contributed by atoms with Crippen LogP contribution in [0.25, 0.3) is 0 Å². The Hall–Kier alpha value is -1.79. The lowest BCUT2D eigenvalue weighted by Crippen LogP contribution is -2.36. The second kappa shape index (κ2) is 5.70. The first-order chi connectivity index (χ1) is 8.33. The first-order valence-corrected chi connectivity index (χ1v) is 5.36. The Morgan fingerprint density at radius 1 is 1.44 bits per heavy atom. The summed E-state index contributed by atoms with van der Waals surface area (Å²) in [5.41, 5.74) is -0.0137. The van der Waals surface area contributed by atoms with Crippen molar-refractivity contribution >= 4 is 11.7 Å². The topological polar surface area (TPSA) is 45.2 Å². The van der Waals surface area contributed by atoms with Gasteiger partial charge < -0.3 is 10.2 Å². The molecule has 1 aromatic heterocycles. The summed E-state index contributed by atoms with van der Waals surface area (Å²) in [5.74, 6) is -0.296. The van der Waals surface area contributed by atoms with Gasteiger partial charge in [-0.15, -0.1) is 0 Å². The van der Waals surface area contributed by atoms with Crippen molar-refractivity contribution in [3.05, 3.63) is 23.9 Å². The molecular weight excluding hydrogens is 247 g/mol. The van der Waals surface area contributed by atoms with Crippen LogP contribution in [0.3, 0.4) is 0 Å². The largest absolute Gasteiger partial charge is 0.406 e. The van der Waals surface area contributed by atoms with Crippen LogP contribution < -0.4 is 5.32 Å². The van der Waals surface area contributed by atoms with Crippen LogP contribution in [0.4, 0.5) is 19.0 Å². The molecule has 1 aromatic rings. The van der Waals surface area contributed by atoms with Gasteiger partial charge >= 0.3 is 6.18 Å². The van der Waals surface area contributed by atoms with Crippen LogP contribution in [0.5, 0.6) is 0 Å². The SMILES string of the molecule is CCNc1cccc(C(=O)N(C)CC(F)(F)F)n1. The maximum absolute atomic E-state index is 12.2. The molecule has 0 fully saturated rings. The smallest absolute Gasteiger partial charge is 0.370 e. The molecule has 1 heterocycles. The summed E-state index contributed by atoms with van der Waals surface area (Å²) in [6, 6.07) is 4.60. The van der Waals surface area contributed by atoms with Crippen molar-refractivity contribution in [2.45, 2.75) is 13.1 Å². The van der Waals surface area contributed by atoms with Crippen LogP contribution in [-0.2, 0) is 0 Å². The minimum Gasteiger partial charge on any atom is -0.370 e. The molecule has 0 aromatic carbocycles. The van der Waals surface area contributed by atoms with Gasteiger partial charge in [0, 0.05) is 13.6 Å². The first kappa shape index (κ1) is 14.3. The summed E-state index contributed by atoms with van der Waals surface area (Å²) in [7, 11) is 1.09. The van der Waals surface area contributed by atoms with E-state index in [-0.39, 0.29) is 5.69 Å². The van der Waals surface area contributed by atoms with E-state index < -0.39 is 18.6 Å². The van der Waals surface area contributed by atoms with Gasteiger partial charge in [-0.25, -0.2) is 4.98 Å². The molecule has 100 valence electrons. The number of carbonyl (C=O) groups is 1. The summed E-state index contributed by atoms with van der Waals surface area (Å²) >= 11 is 0. The fourth-order valence-corrected chi connectivity index (χ4v) is 1.37. The van der Waals surface area contributed by atoms with Gasteiger partial charge in [-0.1, -0.05) is 6.07 Å². The van der Waals surface area contributed by atoms with Gasteiger partial charge in [-0.2, -0.15) is 13.2 Å². The lowest BCUT2D eigenvalue weighted by Gasteiger charge is -2.18. The van der Waals surface area contributed by atoms with Crippen molar-refractivity contribution in [1.29, 1.82) is 0 Å². The van der Waals surface area contributed by atoms with Crippen molar-refractivity contribution in [2.75, 3.05) is 25.5 Å². The average molecular weight is 261 g/mol. The van der Waals surface area contributed by atoms with E-state index in [0.717, 1.165) is 7.05 Å². The lowest BCUT2D eigenvalue weighted by molar-refractivity contribution is -0.138. The van der Waals surface area contributed by atoms with Gasteiger partial charge in [0.15, 0.2) is 0 Å². The monoisotopic (exact) mass is 261 g/mol. The van der Waals surface area contributed by atoms with Crippen LogP contribution >= 0.6 is 0 Å². The van der Waals surface area contributed by atoms with E-state index in [4.69, 9.17) is 0 Å². The molecule has 18 heavy (non-hydrogen) atoms. The second-order valence-electron chi connectivity index (χ2n) is 3.71. The number of nitrogens with one attached hydrogen (secondary N) is 1. The van der Waals surface area contributed by atoms with E-state index in [1.165, 1.54) is 6.07 Å². The predicted molar refractivity (Wildman–Crippen MR) is 61.4 cm³/mol. The zero-order chi connectivity index (χ0) is 13.8. The third-order valence-electron chi connectivity index (χ3n) is 2.09. The van der Waals surface area contributed by atoms with Gasteiger partial charge in [0.1, 0.15) is 18.1 Å². The molecule has 0 saturated carbocycles. The highest BCUT2D eigenvalue weighted by Gasteiger charge is 2.31. The Morgan fingerprint density at radius 3 is 2.67 bits per heavy atom. The molecule has 0 aliphatic heterocycles. The van der Waals surface area contributed by atoms with Crippen LogP contribution in [-0.4, -0.2) is 42.1 Å². The highest BCUT2D eigenvalue weighted by atomic mass is 19.4. The molecule has 0 bridgehead atoms. The molecular formula is C11H14F3N3O. The van der Waals surface area contributed by atoms with E-state index in [2.05, 4.69) is 10.3 Å². The quantitative estimate of drug-likeness (QED) is 0.903. The summed E-state index contributed by atoms with van der Waals surface area (Å²) in [6.07, 6.45) is -4.41. The van der Waals surface area contributed by atoms with E-state index in [1.54, 1.807) is 12.1 Å². The summed E-state index contributed by atoms with van der Waals surface area (Å²) in [6.45, 7) is 1.17. The Morgan fingerprint density at radius 2 is 2.11 bits per heavy atom. The molecule has 0 aliphatic rings. The maximum atomic E-state index is 12.2. The van der Waals surface area contributed by atoms with Gasteiger partial charge in [0.2, 0.25) is 0 Å². The maximum Gasteiger partial charge on any atom is 0.406 e. The first-order valence-electron chi connectivity index (χ1n) is 5.36. The Bertz CT molecular complexity index is 420. The zero-order valence-corrected chi connectivity index (χ0v) is 10.1. The van der Waals surface area contributed by atoms with E-state index in [9.17, 15) is 18.0 Å². The standard InChI is InChI=1S/C11H14F3N3O/c1-3-15-9-6-4-5-8(16-9)10(18)17(2)7-11(12,13)14/h4-6H,3,7H2,1-2H3,(H,15,16). The third-order valence-corrected chi connectivity index (χ3v) is 2.09. The van der Waals surface area contributed by atoms with Gasteiger partial charge in [-0.05, 0) is 19.1 Å². The fraction of sp³-hybridized carbons (Fsp3) is 0.455. The molecule has 0 atom stereocenters. The highest BCUT2D eigenvalue weighted by molar-refractivity contribution is 5.92. The van der Waals surface area contributed by atoms with Crippen molar-refractivity contribution in [3.8, 4) is 0 Å². The lowest BCUT2D eigenvalue weighted by atomic mass is 10.3. The molecule has 7 heteroatoms. The number of hydrogen-bond acceptors (Lipinski definition) is 3. The van der Waals surface area contributed by atoms with Crippen LogP contribution in [0, 0.1) is 0 Å². The molecule has 1 rings (SSSR count). The van der Waals surface area contributed by atoms with Crippen molar-refractivity contribution < 1.29 is 18.0 Å². The van der Waals surface area contributed by atoms with Crippen LogP contribution in [0.15, 0.2) is 18.2 Å². The number of pyridine rings is 1. The highest BCUT2D eigenvalue weighted by Crippen LogP contribution is 2.17. The van der Waals surface area contributed by atoms with Crippen molar-refractivity contribution in [3.63, 3.8) is 0 Å². The van der Waals surface area contributed by atoms with Crippen LogP contribution in [0.2, 0.25) is 0 Å². The molecule has 1 N–H and O–H groups in total. The van der Waals surface area contributed by atoms with E-state index >= 15 is 0 Å². The average Bonchev–Trinajstić information content (AvgIpc) is 2.26. The molecule has 0 saturated heterocycles. The summed E-state index contributed by atoms with van der Waals surface area (Å²) < 4.78 is 36.5. The number of alkyl halides is 3. The number of aromatic nitrogens is 1. The second-order valence-corrected chi connectivity index (χ2v) is 3.71. The minimum absolute atomic E-state index is 0.0137. The van der Waals surface area contributed by atoms with E-state index in [0.29, 0.717) is 17.3 Å². The fourth-order valence-electron chi connectivity index (χ4n) is 1.37. The third kappa shape index (κ3) is 4.23. The molecule has 1 amide bonds. The molecule has 0 unspecified atom stereocenters. The number of halogens is 3. The Labute approximate surface area is 103 Å². The van der Waals surface area contributed by atoms with E-state index in [1.807, 2.05) is 6.92 Å². The van der Waals surface area contributed by atoms with Crippen LogP contribution in [0.1, 0.15) is 17.4 Å². The summed E-state index contributed by atoms with van der Waals surface area (Å²) in [5, 5.41) is 2.89. The molecule has 0 spiro atoms. The molecule has 4 nitrogen and oxygen atoms in total. The number of nitrogens with zero attached hydrogens (tertiary/aromatic N) is 2. The number of amides is 1. The predicted octanol–water partition coefficient (Wildman–Crippen LogP) is 2.15. The Kier molecular flexibility index (Phi) is 4.52. The Balaban J connectivity index is 2.80. The van der Waals surface area contributed by atoms with Crippen molar-refractivity contribution in [2.24, 2.45) is 0 Å². The van der Waals surface area contributed by atoms with Gasteiger partial charge in [0.05, 0.1) is 0 Å². The number of anilines is 1.